The van der Waals surface area contributed by atoms with Gasteiger partial charge in [-0.1, -0.05) is 36.4 Å². The van der Waals surface area contributed by atoms with Gasteiger partial charge >= 0.3 is 5.97 Å². The lowest BCUT2D eigenvalue weighted by atomic mass is 10.0. The maximum absolute atomic E-state index is 11.8. The number of benzene rings is 2. The van der Waals surface area contributed by atoms with E-state index in [0.29, 0.717) is 5.56 Å². The molecule has 0 aromatic heterocycles. The molecule has 0 heterocycles. The minimum Gasteiger partial charge on any atom is -0.481 e. The summed E-state index contributed by atoms with van der Waals surface area (Å²) in [6.45, 7) is 0. The number of carbonyl (C=O) groups is 2. The third-order valence-electron chi connectivity index (χ3n) is 3.49. The molecule has 0 aliphatic carbocycles. The number of carbonyl (C=O) groups excluding carboxylic acids is 1. The number of hydrogen-bond acceptors (Lipinski definition) is 3. The number of carboxylic acid groups (broad SMARTS) is 1. The molecule has 0 saturated carbocycles. The van der Waals surface area contributed by atoms with E-state index in [4.69, 9.17) is 5.11 Å². The summed E-state index contributed by atoms with van der Waals surface area (Å²) in [4.78, 5) is 24.4. The van der Waals surface area contributed by atoms with Crippen LogP contribution >= 0.6 is 0 Å². The molecule has 2 rings (SSSR count). The molecular formula is C18H19NO3. The van der Waals surface area contributed by atoms with Crippen molar-refractivity contribution in [3.63, 3.8) is 0 Å². The number of hydrogen-bond donors (Lipinski definition) is 1. The first-order valence-electron chi connectivity index (χ1n) is 7.10. The van der Waals surface area contributed by atoms with Crippen LogP contribution in [0.25, 0.3) is 11.1 Å². The molecule has 2 aromatic carbocycles. The van der Waals surface area contributed by atoms with E-state index in [-0.39, 0.29) is 18.6 Å². The Bertz CT molecular complexity index is 658. The van der Waals surface area contributed by atoms with E-state index in [1.807, 2.05) is 55.4 Å². The van der Waals surface area contributed by atoms with Gasteiger partial charge in [0.15, 0.2) is 5.78 Å². The number of anilines is 1. The summed E-state index contributed by atoms with van der Waals surface area (Å²) in [6.07, 6.45) is -0.0984. The highest BCUT2D eigenvalue weighted by Gasteiger charge is 2.08. The molecule has 22 heavy (non-hydrogen) atoms. The smallest absolute Gasteiger partial charge is 0.303 e. The van der Waals surface area contributed by atoms with Crippen molar-refractivity contribution in [3.05, 3.63) is 54.1 Å². The van der Waals surface area contributed by atoms with Gasteiger partial charge in [-0.25, -0.2) is 0 Å². The Morgan fingerprint density at radius 3 is 1.82 bits per heavy atom. The van der Waals surface area contributed by atoms with Crippen LogP contribution in [0, 0.1) is 0 Å². The molecule has 1 N–H and O–H groups in total. The van der Waals surface area contributed by atoms with Crippen LogP contribution in [0.4, 0.5) is 5.69 Å². The Morgan fingerprint density at radius 1 is 0.864 bits per heavy atom. The number of carboxylic acids is 1. The molecule has 0 atom stereocenters. The molecular weight excluding hydrogens is 278 g/mol. The number of nitrogens with zero attached hydrogens (tertiary/aromatic N) is 1. The largest absolute Gasteiger partial charge is 0.481 e. The van der Waals surface area contributed by atoms with E-state index in [9.17, 15) is 9.59 Å². The molecule has 0 unspecified atom stereocenters. The fraction of sp³-hybridized carbons (Fsp3) is 0.222. The fourth-order valence-electron chi connectivity index (χ4n) is 2.17. The highest BCUT2D eigenvalue weighted by atomic mass is 16.4. The molecule has 4 heteroatoms. The van der Waals surface area contributed by atoms with Crippen LogP contribution in [0.2, 0.25) is 0 Å². The highest BCUT2D eigenvalue weighted by Crippen LogP contribution is 2.23. The van der Waals surface area contributed by atoms with E-state index < -0.39 is 5.97 Å². The summed E-state index contributed by atoms with van der Waals surface area (Å²) in [5.74, 6) is -1.09. The first-order chi connectivity index (χ1) is 10.5. The fourth-order valence-corrected chi connectivity index (χ4v) is 2.17. The minimum atomic E-state index is -0.953. The molecule has 0 bridgehead atoms. The van der Waals surface area contributed by atoms with Crippen molar-refractivity contribution in [1.82, 2.24) is 0 Å². The number of rotatable bonds is 6. The molecule has 2 aromatic rings. The maximum Gasteiger partial charge on any atom is 0.303 e. The van der Waals surface area contributed by atoms with Crippen molar-refractivity contribution >= 4 is 17.4 Å². The molecule has 0 aliphatic heterocycles. The summed E-state index contributed by atoms with van der Waals surface area (Å²) in [5, 5.41) is 8.61. The van der Waals surface area contributed by atoms with Gasteiger partial charge in [0, 0.05) is 31.8 Å². The molecule has 0 fully saturated rings. The predicted octanol–water partition coefficient (Wildman–Crippen LogP) is 3.47. The van der Waals surface area contributed by atoms with Gasteiger partial charge in [0.25, 0.3) is 0 Å². The molecule has 0 aliphatic rings. The lowest BCUT2D eigenvalue weighted by molar-refractivity contribution is -0.136. The van der Waals surface area contributed by atoms with Crippen LogP contribution in [0.1, 0.15) is 23.2 Å². The average molecular weight is 297 g/mol. The molecule has 114 valence electrons. The van der Waals surface area contributed by atoms with Crippen LogP contribution in [-0.2, 0) is 4.79 Å². The van der Waals surface area contributed by atoms with Crippen LogP contribution in [0.5, 0.6) is 0 Å². The third-order valence-corrected chi connectivity index (χ3v) is 3.49. The van der Waals surface area contributed by atoms with E-state index in [1.165, 1.54) is 0 Å². The monoisotopic (exact) mass is 297 g/mol. The van der Waals surface area contributed by atoms with E-state index >= 15 is 0 Å². The SMILES string of the molecule is CN(C)c1ccc(-c2ccc(C(=O)CCC(=O)O)cc2)cc1. The lowest BCUT2D eigenvalue weighted by Gasteiger charge is -2.12. The second-order valence-corrected chi connectivity index (χ2v) is 5.34. The van der Waals surface area contributed by atoms with Crippen LogP contribution < -0.4 is 4.90 Å². The second kappa shape index (κ2) is 6.89. The second-order valence-electron chi connectivity index (χ2n) is 5.34. The van der Waals surface area contributed by atoms with E-state index in [1.54, 1.807) is 12.1 Å². The Balaban J connectivity index is 2.11. The molecule has 4 nitrogen and oxygen atoms in total. The van der Waals surface area contributed by atoms with Gasteiger partial charge in [0.1, 0.15) is 0 Å². The molecule has 0 saturated heterocycles. The van der Waals surface area contributed by atoms with Crippen molar-refractivity contribution in [2.75, 3.05) is 19.0 Å². The van der Waals surface area contributed by atoms with Crippen molar-refractivity contribution in [1.29, 1.82) is 0 Å². The average Bonchev–Trinajstić information content (AvgIpc) is 2.53. The summed E-state index contributed by atoms with van der Waals surface area (Å²) in [7, 11) is 3.99. The van der Waals surface area contributed by atoms with Gasteiger partial charge < -0.3 is 10.0 Å². The number of aliphatic carboxylic acids is 1. The zero-order chi connectivity index (χ0) is 16.1. The van der Waals surface area contributed by atoms with Gasteiger partial charge in [-0.2, -0.15) is 0 Å². The maximum atomic E-state index is 11.8. The minimum absolute atomic E-state index is 0.0339. The first kappa shape index (κ1) is 15.8. The zero-order valence-electron chi connectivity index (χ0n) is 12.7. The summed E-state index contributed by atoms with van der Waals surface area (Å²) >= 11 is 0. The Labute approximate surface area is 130 Å². The standard InChI is InChI=1S/C18H19NO3/c1-19(2)16-9-7-14(8-10-16)13-3-5-15(6-4-13)17(20)11-12-18(21)22/h3-10H,11-12H2,1-2H3,(H,21,22). The van der Waals surface area contributed by atoms with Gasteiger partial charge in [-0.3, -0.25) is 9.59 Å². The van der Waals surface area contributed by atoms with Crippen LogP contribution in [0.15, 0.2) is 48.5 Å². The molecule has 0 radical (unpaired) electrons. The number of ketones is 1. The Hall–Kier alpha value is -2.62. The summed E-state index contributed by atoms with van der Waals surface area (Å²) < 4.78 is 0. The van der Waals surface area contributed by atoms with Gasteiger partial charge in [-0.15, -0.1) is 0 Å². The van der Waals surface area contributed by atoms with Crippen LogP contribution in [-0.4, -0.2) is 31.0 Å². The zero-order valence-corrected chi connectivity index (χ0v) is 12.7. The van der Waals surface area contributed by atoms with Gasteiger partial charge in [-0.05, 0) is 23.3 Å². The van der Waals surface area contributed by atoms with Gasteiger partial charge in [0.05, 0.1) is 6.42 Å². The van der Waals surface area contributed by atoms with Crippen molar-refractivity contribution in [2.24, 2.45) is 0 Å². The van der Waals surface area contributed by atoms with Crippen molar-refractivity contribution in [2.45, 2.75) is 12.8 Å². The summed E-state index contributed by atoms with van der Waals surface area (Å²) in [5.41, 5.74) is 3.79. The molecule has 0 amide bonds. The van der Waals surface area contributed by atoms with Crippen molar-refractivity contribution in [3.8, 4) is 11.1 Å². The molecule has 0 spiro atoms. The van der Waals surface area contributed by atoms with Crippen LogP contribution in [0.3, 0.4) is 0 Å². The Morgan fingerprint density at radius 2 is 1.36 bits per heavy atom. The highest BCUT2D eigenvalue weighted by molar-refractivity contribution is 5.97. The quantitative estimate of drug-likeness (QED) is 0.829. The number of Topliss-reactive ketones (excluding diaryl/α,β-unsaturated/α-hetero) is 1. The predicted molar refractivity (Wildman–Crippen MR) is 87.4 cm³/mol. The normalized spacial score (nSPS) is 10.3. The van der Waals surface area contributed by atoms with Crippen molar-refractivity contribution < 1.29 is 14.7 Å². The lowest BCUT2D eigenvalue weighted by Crippen LogP contribution is -2.07. The topological polar surface area (TPSA) is 57.6 Å². The third kappa shape index (κ3) is 3.95. The Kier molecular flexibility index (Phi) is 4.94. The van der Waals surface area contributed by atoms with E-state index in [0.717, 1.165) is 16.8 Å². The first-order valence-corrected chi connectivity index (χ1v) is 7.10. The van der Waals surface area contributed by atoms with E-state index in [2.05, 4.69) is 0 Å². The van der Waals surface area contributed by atoms with Gasteiger partial charge in [0.2, 0.25) is 0 Å². The summed E-state index contributed by atoms with van der Waals surface area (Å²) in [6, 6.07) is 15.4.